The Kier molecular flexibility index (Phi) is 4.04. The number of aromatic nitrogens is 1. The number of carbonyl (C=O) groups is 1. The standard InChI is InChI=1S/C18H20N2O2S/c21-18(20-8-13-4-3-5-14(13)9-20)16-6-1-2-7-17(16)22-10-15-11-23-12-19-15/h1-2,6-7,11-14H,3-5,8-10H2/t13-,14-/m1/s1. The van der Waals surface area contributed by atoms with E-state index in [0.717, 1.165) is 18.8 Å². The highest BCUT2D eigenvalue weighted by Gasteiger charge is 2.38. The summed E-state index contributed by atoms with van der Waals surface area (Å²) in [5.41, 5.74) is 3.36. The Morgan fingerprint density at radius 3 is 2.78 bits per heavy atom. The molecular weight excluding hydrogens is 308 g/mol. The van der Waals surface area contributed by atoms with Gasteiger partial charge in [-0.15, -0.1) is 11.3 Å². The molecule has 1 aromatic carbocycles. The molecule has 0 unspecified atom stereocenters. The molecule has 1 aliphatic heterocycles. The van der Waals surface area contributed by atoms with Crippen molar-refractivity contribution in [2.75, 3.05) is 13.1 Å². The summed E-state index contributed by atoms with van der Waals surface area (Å²) in [7, 11) is 0. The molecule has 0 spiro atoms. The number of para-hydroxylation sites is 1. The lowest BCUT2D eigenvalue weighted by Gasteiger charge is -2.19. The van der Waals surface area contributed by atoms with E-state index in [4.69, 9.17) is 4.74 Å². The lowest BCUT2D eigenvalue weighted by atomic mass is 10.0. The lowest BCUT2D eigenvalue weighted by molar-refractivity contribution is 0.0775. The smallest absolute Gasteiger partial charge is 0.257 e. The molecule has 1 amide bonds. The fraction of sp³-hybridized carbons (Fsp3) is 0.444. The number of likely N-dealkylation sites (tertiary alicyclic amines) is 1. The summed E-state index contributed by atoms with van der Waals surface area (Å²) in [6.07, 6.45) is 3.87. The molecule has 120 valence electrons. The van der Waals surface area contributed by atoms with Crippen LogP contribution in [0.25, 0.3) is 0 Å². The third kappa shape index (κ3) is 2.98. The molecule has 2 fully saturated rings. The van der Waals surface area contributed by atoms with Gasteiger partial charge in [-0.05, 0) is 36.8 Å². The molecule has 1 saturated heterocycles. The highest BCUT2D eigenvalue weighted by molar-refractivity contribution is 7.07. The molecule has 1 aliphatic carbocycles. The summed E-state index contributed by atoms with van der Waals surface area (Å²) >= 11 is 1.55. The normalized spacial score (nSPS) is 23.0. The van der Waals surface area contributed by atoms with Crippen LogP contribution in [0.15, 0.2) is 35.2 Å². The molecule has 1 aromatic heterocycles. The molecule has 23 heavy (non-hydrogen) atoms. The van der Waals surface area contributed by atoms with Crippen LogP contribution in [0.5, 0.6) is 5.75 Å². The summed E-state index contributed by atoms with van der Waals surface area (Å²) in [6, 6.07) is 7.55. The number of amides is 1. The monoisotopic (exact) mass is 328 g/mol. The zero-order valence-corrected chi connectivity index (χ0v) is 13.8. The van der Waals surface area contributed by atoms with Gasteiger partial charge in [-0.1, -0.05) is 18.6 Å². The van der Waals surface area contributed by atoms with E-state index in [0.29, 0.717) is 29.8 Å². The van der Waals surface area contributed by atoms with Crippen molar-refractivity contribution in [2.45, 2.75) is 25.9 Å². The lowest BCUT2D eigenvalue weighted by Crippen LogP contribution is -2.29. The van der Waals surface area contributed by atoms with Crippen molar-refractivity contribution in [2.24, 2.45) is 11.8 Å². The van der Waals surface area contributed by atoms with Crippen LogP contribution in [-0.2, 0) is 6.61 Å². The fourth-order valence-electron chi connectivity index (χ4n) is 3.80. The number of carbonyl (C=O) groups excluding carboxylic acids is 1. The highest BCUT2D eigenvalue weighted by atomic mass is 32.1. The van der Waals surface area contributed by atoms with E-state index in [1.807, 2.05) is 34.5 Å². The zero-order chi connectivity index (χ0) is 15.6. The molecule has 2 aromatic rings. The number of hydrogen-bond acceptors (Lipinski definition) is 4. The van der Waals surface area contributed by atoms with E-state index in [2.05, 4.69) is 4.98 Å². The van der Waals surface area contributed by atoms with Crippen molar-refractivity contribution in [1.82, 2.24) is 9.88 Å². The average molecular weight is 328 g/mol. The molecular formula is C18H20N2O2S. The minimum absolute atomic E-state index is 0.105. The second-order valence-corrected chi connectivity index (χ2v) is 7.14. The summed E-state index contributed by atoms with van der Waals surface area (Å²) in [6.45, 7) is 2.22. The summed E-state index contributed by atoms with van der Waals surface area (Å²) in [5, 5.41) is 1.96. The van der Waals surface area contributed by atoms with Gasteiger partial charge in [0.1, 0.15) is 12.4 Å². The van der Waals surface area contributed by atoms with Gasteiger partial charge in [-0.25, -0.2) is 4.98 Å². The number of fused-ring (bicyclic) bond motifs is 1. The van der Waals surface area contributed by atoms with Crippen molar-refractivity contribution in [3.8, 4) is 5.75 Å². The van der Waals surface area contributed by atoms with Crippen molar-refractivity contribution in [3.05, 3.63) is 46.4 Å². The van der Waals surface area contributed by atoms with Crippen molar-refractivity contribution < 1.29 is 9.53 Å². The molecule has 2 heterocycles. The number of hydrogen-bond donors (Lipinski definition) is 0. The Bertz CT molecular complexity index is 674. The fourth-order valence-corrected chi connectivity index (χ4v) is 4.34. The van der Waals surface area contributed by atoms with Crippen LogP contribution in [0.3, 0.4) is 0 Å². The van der Waals surface area contributed by atoms with E-state index in [1.54, 1.807) is 16.8 Å². The molecule has 2 aliphatic rings. The minimum atomic E-state index is 0.105. The van der Waals surface area contributed by atoms with Crippen molar-refractivity contribution >= 4 is 17.2 Å². The molecule has 2 atom stereocenters. The van der Waals surface area contributed by atoms with E-state index < -0.39 is 0 Å². The molecule has 0 radical (unpaired) electrons. The third-order valence-corrected chi connectivity index (χ3v) is 5.63. The van der Waals surface area contributed by atoms with E-state index in [1.165, 1.54) is 19.3 Å². The molecule has 1 saturated carbocycles. The van der Waals surface area contributed by atoms with Gasteiger partial charge in [-0.2, -0.15) is 0 Å². The van der Waals surface area contributed by atoms with E-state index in [-0.39, 0.29) is 5.91 Å². The Hall–Kier alpha value is -1.88. The predicted molar refractivity (Wildman–Crippen MR) is 89.6 cm³/mol. The van der Waals surface area contributed by atoms with Crippen LogP contribution in [0.2, 0.25) is 0 Å². The Balaban J connectivity index is 1.48. The second kappa shape index (κ2) is 6.32. The maximum Gasteiger partial charge on any atom is 0.257 e. The maximum atomic E-state index is 12.9. The Labute approximate surface area is 140 Å². The van der Waals surface area contributed by atoms with Gasteiger partial charge in [0.05, 0.1) is 16.8 Å². The van der Waals surface area contributed by atoms with Crippen molar-refractivity contribution in [3.63, 3.8) is 0 Å². The summed E-state index contributed by atoms with van der Waals surface area (Å²) < 4.78 is 5.85. The number of thiazole rings is 1. The zero-order valence-electron chi connectivity index (χ0n) is 13.0. The Morgan fingerprint density at radius 2 is 2.04 bits per heavy atom. The first kappa shape index (κ1) is 14.7. The molecule has 0 N–H and O–H groups in total. The van der Waals surface area contributed by atoms with Gasteiger partial charge in [0.25, 0.3) is 5.91 Å². The summed E-state index contributed by atoms with van der Waals surface area (Å²) in [5.74, 6) is 2.18. The number of rotatable bonds is 4. The van der Waals surface area contributed by atoms with E-state index in [9.17, 15) is 4.79 Å². The number of ether oxygens (including phenoxy) is 1. The van der Waals surface area contributed by atoms with Crippen LogP contribution >= 0.6 is 11.3 Å². The van der Waals surface area contributed by atoms with Crippen LogP contribution < -0.4 is 4.74 Å². The van der Waals surface area contributed by atoms with Gasteiger partial charge in [0, 0.05) is 18.5 Å². The molecule has 4 nitrogen and oxygen atoms in total. The quantitative estimate of drug-likeness (QED) is 0.861. The van der Waals surface area contributed by atoms with Gasteiger partial charge in [0.15, 0.2) is 0 Å². The first-order valence-electron chi connectivity index (χ1n) is 8.19. The van der Waals surface area contributed by atoms with Crippen LogP contribution in [0, 0.1) is 11.8 Å². The van der Waals surface area contributed by atoms with Gasteiger partial charge < -0.3 is 9.64 Å². The number of benzene rings is 1. The van der Waals surface area contributed by atoms with E-state index >= 15 is 0 Å². The topological polar surface area (TPSA) is 42.4 Å². The summed E-state index contributed by atoms with van der Waals surface area (Å²) in [4.78, 5) is 19.1. The first-order chi connectivity index (χ1) is 11.3. The molecule has 4 rings (SSSR count). The predicted octanol–water partition coefficient (Wildman–Crippen LogP) is 3.59. The van der Waals surface area contributed by atoms with Crippen LogP contribution in [-0.4, -0.2) is 28.9 Å². The maximum absolute atomic E-state index is 12.9. The highest BCUT2D eigenvalue weighted by Crippen LogP contribution is 2.38. The van der Waals surface area contributed by atoms with Crippen molar-refractivity contribution in [1.29, 1.82) is 0 Å². The molecule has 0 bridgehead atoms. The first-order valence-corrected chi connectivity index (χ1v) is 9.13. The van der Waals surface area contributed by atoms with Crippen LogP contribution in [0.1, 0.15) is 35.3 Å². The molecule has 5 heteroatoms. The minimum Gasteiger partial charge on any atom is -0.486 e. The van der Waals surface area contributed by atoms with Gasteiger partial charge in [-0.3, -0.25) is 4.79 Å². The second-order valence-electron chi connectivity index (χ2n) is 6.43. The largest absolute Gasteiger partial charge is 0.486 e. The number of nitrogens with zero attached hydrogens (tertiary/aromatic N) is 2. The average Bonchev–Trinajstić information content (AvgIpc) is 3.29. The van der Waals surface area contributed by atoms with Crippen LogP contribution in [0.4, 0.5) is 0 Å². The van der Waals surface area contributed by atoms with Gasteiger partial charge in [0.2, 0.25) is 0 Å². The third-order valence-electron chi connectivity index (χ3n) is 4.99. The SMILES string of the molecule is O=C(c1ccccc1OCc1cscn1)N1C[C@H]2CCC[C@@H]2C1. The Morgan fingerprint density at radius 1 is 1.26 bits per heavy atom. The van der Waals surface area contributed by atoms with Gasteiger partial charge >= 0.3 is 0 Å².